The minimum absolute atomic E-state index is 0.537. The highest BCUT2D eigenvalue weighted by atomic mass is 32.2. The fraction of sp³-hybridized carbons (Fsp3) is 0.533. The van der Waals surface area contributed by atoms with E-state index in [0.29, 0.717) is 12.0 Å². The first-order valence-electron chi connectivity index (χ1n) is 6.94. The van der Waals surface area contributed by atoms with Gasteiger partial charge in [0, 0.05) is 24.3 Å². The van der Waals surface area contributed by atoms with E-state index in [2.05, 4.69) is 59.1 Å². The summed E-state index contributed by atoms with van der Waals surface area (Å²) in [5.74, 6) is 2.68. The minimum Gasteiger partial charge on any atom is -0.357 e. The first-order chi connectivity index (χ1) is 9.35. The molecule has 0 amide bonds. The van der Waals surface area contributed by atoms with Gasteiger partial charge in [0.2, 0.25) is 0 Å². The Morgan fingerprint density at radius 2 is 2.16 bits per heavy atom. The quantitative estimate of drug-likeness (QED) is 0.476. The average molecular weight is 277 g/mol. The molecule has 1 aromatic rings. The van der Waals surface area contributed by atoms with Gasteiger partial charge in [-0.25, -0.2) is 0 Å². The van der Waals surface area contributed by atoms with Crippen LogP contribution in [0.2, 0.25) is 0 Å². The standard InChI is InChI=1S/C15H23N3S/c1-3-16-15(17-9-10-19-2)18-14-11-13(14)12-7-5-4-6-8-12/h4-8,13-14H,3,9-11H2,1-2H3,(H2,16,17,18). The molecular formula is C15H23N3S. The average Bonchev–Trinajstić information content (AvgIpc) is 3.19. The van der Waals surface area contributed by atoms with Crippen LogP contribution < -0.4 is 10.6 Å². The van der Waals surface area contributed by atoms with Crippen LogP contribution in [0.1, 0.15) is 24.8 Å². The zero-order valence-electron chi connectivity index (χ0n) is 11.7. The monoisotopic (exact) mass is 277 g/mol. The Kier molecular flexibility index (Phi) is 5.58. The molecular weight excluding hydrogens is 254 g/mol. The summed E-state index contributed by atoms with van der Waals surface area (Å²) in [7, 11) is 0. The van der Waals surface area contributed by atoms with Crippen molar-refractivity contribution < 1.29 is 0 Å². The second-order valence-electron chi connectivity index (χ2n) is 4.76. The molecule has 0 heterocycles. The molecule has 1 aromatic carbocycles. The summed E-state index contributed by atoms with van der Waals surface area (Å²) in [6.07, 6.45) is 3.32. The smallest absolute Gasteiger partial charge is 0.191 e. The maximum Gasteiger partial charge on any atom is 0.191 e. The van der Waals surface area contributed by atoms with Gasteiger partial charge in [-0.3, -0.25) is 4.99 Å². The highest BCUT2D eigenvalue weighted by Crippen LogP contribution is 2.40. The van der Waals surface area contributed by atoms with E-state index in [1.165, 1.54) is 12.0 Å². The fourth-order valence-corrected chi connectivity index (χ4v) is 2.44. The molecule has 2 rings (SSSR count). The molecule has 0 radical (unpaired) electrons. The third kappa shape index (κ3) is 4.46. The van der Waals surface area contributed by atoms with Crippen molar-refractivity contribution in [1.29, 1.82) is 0 Å². The van der Waals surface area contributed by atoms with Gasteiger partial charge in [0.15, 0.2) is 5.96 Å². The number of guanidine groups is 1. The number of aliphatic imine (C=N–C) groups is 1. The third-order valence-electron chi connectivity index (χ3n) is 3.25. The Hall–Kier alpha value is -1.16. The Morgan fingerprint density at radius 3 is 2.84 bits per heavy atom. The Labute approximate surface area is 120 Å². The number of hydrogen-bond donors (Lipinski definition) is 2. The van der Waals surface area contributed by atoms with Crippen LogP contribution in [0.25, 0.3) is 0 Å². The molecule has 1 aliphatic carbocycles. The third-order valence-corrected chi connectivity index (χ3v) is 3.84. The van der Waals surface area contributed by atoms with E-state index in [4.69, 9.17) is 0 Å². The van der Waals surface area contributed by atoms with Crippen molar-refractivity contribution >= 4 is 17.7 Å². The molecule has 1 saturated carbocycles. The fourth-order valence-electron chi connectivity index (χ4n) is 2.17. The molecule has 1 aliphatic rings. The molecule has 0 spiro atoms. The lowest BCUT2D eigenvalue weighted by Gasteiger charge is -2.11. The summed E-state index contributed by atoms with van der Waals surface area (Å²) in [6, 6.07) is 11.3. The number of hydrogen-bond acceptors (Lipinski definition) is 2. The maximum atomic E-state index is 4.59. The van der Waals surface area contributed by atoms with Gasteiger partial charge in [0.1, 0.15) is 0 Å². The van der Waals surface area contributed by atoms with Gasteiger partial charge in [-0.15, -0.1) is 0 Å². The molecule has 2 N–H and O–H groups in total. The molecule has 2 unspecified atom stereocenters. The van der Waals surface area contributed by atoms with E-state index < -0.39 is 0 Å². The van der Waals surface area contributed by atoms with Crippen molar-refractivity contribution in [2.45, 2.75) is 25.3 Å². The molecule has 4 heteroatoms. The number of benzene rings is 1. The maximum absolute atomic E-state index is 4.59. The van der Waals surface area contributed by atoms with Crippen molar-refractivity contribution in [3.05, 3.63) is 35.9 Å². The van der Waals surface area contributed by atoms with Crippen LogP contribution in [-0.4, -0.2) is 37.1 Å². The topological polar surface area (TPSA) is 36.4 Å². The summed E-state index contributed by atoms with van der Waals surface area (Å²) in [4.78, 5) is 4.59. The van der Waals surface area contributed by atoms with Crippen LogP contribution in [0, 0.1) is 0 Å². The SMILES string of the molecule is CCNC(=NCCSC)NC1CC1c1ccccc1. The highest BCUT2D eigenvalue weighted by molar-refractivity contribution is 7.98. The Bertz CT molecular complexity index is 405. The van der Waals surface area contributed by atoms with E-state index >= 15 is 0 Å². The summed E-state index contributed by atoms with van der Waals surface area (Å²) in [5.41, 5.74) is 1.43. The number of thioether (sulfide) groups is 1. The van der Waals surface area contributed by atoms with Crippen molar-refractivity contribution in [3.63, 3.8) is 0 Å². The van der Waals surface area contributed by atoms with E-state index in [0.717, 1.165) is 24.8 Å². The van der Waals surface area contributed by atoms with E-state index in [9.17, 15) is 0 Å². The first-order valence-corrected chi connectivity index (χ1v) is 8.33. The zero-order valence-corrected chi connectivity index (χ0v) is 12.5. The van der Waals surface area contributed by atoms with Crippen molar-refractivity contribution in [3.8, 4) is 0 Å². The van der Waals surface area contributed by atoms with Gasteiger partial charge < -0.3 is 10.6 Å². The number of nitrogens with one attached hydrogen (secondary N) is 2. The van der Waals surface area contributed by atoms with E-state index in [1.54, 1.807) is 0 Å². The molecule has 0 aliphatic heterocycles. The van der Waals surface area contributed by atoms with Crippen LogP contribution in [-0.2, 0) is 0 Å². The second-order valence-corrected chi connectivity index (χ2v) is 5.74. The lowest BCUT2D eigenvalue weighted by molar-refractivity contribution is 0.799. The molecule has 1 fully saturated rings. The lowest BCUT2D eigenvalue weighted by Crippen LogP contribution is -2.39. The van der Waals surface area contributed by atoms with E-state index in [1.807, 2.05) is 11.8 Å². The minimum atomic E-state index is 0.537. The predicted molar refractivity (Wildman–Crippen MR) is 85.1 cm³/mol. The largest absolute Gasteiger partial charge is 0.357 e. The van der Waals surface area contributed by atoms with Gasteiger partial charge in [-0.2, -0.15) is 11.8 Å². The van der Waals surface area contributed by atoms with Gasteiger partial charge in [-0.1, -0.05) is 30.3 Å². The van der Waals surface area contributed by atoms with Gasteiger partial charge in [0.05, 0.1) is 6.54 Å². The Morgan fingerprint density at radius 1 is 1.37 bits per heavy atom. The molecule has 0 saturated heterocycles. The molecule has 0 aromatic heterocycles. The van der Waals surface area contributed by atoms with Crippen molar-refractivity contribution in [2.75, 3.05) is 25.1 Å². The number of rotatable bonds is 6. The van der Waals surface area contributed by atoms with E-state index in [-0.39, 0.29) is 0 Å². The Balaban J connectivity index is 1.84. The second kappa shape index (κ2) is 7.43. The van der Waals surface area contributed by atoms with Gasteiger partial charge in [0.25, 0.3) is 0 Å². The number of nitrogens with zero attached hydrogens (tertiary/aromatic N) is 1. The summed E-state index contributed by atoms with van der Waals surface area (Å²) in [5, 5.41) is 6.84. The zero-order chi connectivity index (χ0) is 13.5. The molecule has 2 atom stereocenters. The van der Waals surface area contributed by atoms with Crippen molar-refractivity contribution in [2.24, 2.45) is 4.99 Å². The van der Waals surface area contributed by atoms with Gasteiger partial charge >= 0.3 is 0 Å². The normalized spacial score (nSPS) is 22.1. The molecule has 0 bridgehead atoms. The van der Waals surface area contributed by atoms with Gasteiger partial charge in [-0.05, 0) is 25.2 Å². The molecule has 104 valence electrons. The summed E-state index contributed by atoms with van der Waals surface area (Å²) >= 11 is 1.83. The highest BCUT2D eigenvalue weighted by Gasteiger charge is 2.38. The van der Waals surface area contributed by atoms with Crippen molar-refractivity contribution in [1.82, 2.24) is 10.6 Å². The van der Waals surface area contributed by atoms with Crippen LogP contribution in [0.15, 0.2) is 35.3 Å². The van der Waals surface area contributed by atoms with Crippen LogP contribution in [0.5, 0.6) is 0 Å². The molecule has 3 nitrogen and oxygen atoms in total. The van der Waals surface area contributed by atoms with Crippen LogP contribution in [0.4, 0.5) is 0 Å². The molecule has 19 heavy (non-hydrogen) atoms. The summed E-state index contributed by atoms with van der Waals surface area (Å²) < 4.78 is 0. The lowest BCUT2D eigenvalue weighted by atomic mass is 10.1. The van der Waals surface area contributed by atoms with Crippen LogP contribution in [0.3, 0.4) is 0 Å². The predicted octanol–water partition coefficient (Wildman–Crippen LogP) is 2.46. The summed E-state index contributed by atoms with van der Waals surface area (Å²) in [6.45, 7) is 3.89. The first kappa shape index (κ1) is 14.3. The van der Waals surface area contributed by atoms with Crippen LogP contribution >= 0.6 is 11.8 Å².